The molecule has 0 amide bonds. The van der Waals surface area contributed by atoms with E-state index in [2.05, 4.69) is 0 Å². The van der Waals surface area contributed by atoms with E-state index >= 15 is 0 Å². The Hall–Kier alpha value is -0.640. The van der Waals surface area contributed by atoms with Crippen molar-refractivity contribution >= 4 is 11.6 Å². The van der Waals surface area contributed by atoms with Gasteiger partial charge in [-0.25, -0.2) is 4.39 Å². The SMILES string of the molecule is CCOC(C)(CC)C(N)c1cc(F)ccc1Cl. The van der Waals surface area contributed by atoms with Gasteiger partial charge in [0.1, 0.15) is 5.82 Å². The number of rotatable bonds is 5. The number of ether oxygens (including phenoxy) is 1. The Bertz CT molecular complexity index is 386. The maximum absolute atomic E-state index is 13.2. The van der Waals surface area contributed by atoms with Gasteiger partial charge in [-0.15, -0.1) is 0 Å². The summed E-state index contributed by atoms with van der Waals surface area (Å²) in [6.07, 6.45) is 0.731. The molecular formula is C13H19ClFNO. The molecule has 2 atom stereocenters. The number of halogens is 2. The van der Waals surface area contributed by atoms with Crippen molar-refractivity contribution in [3.05, 3.63) is 34.6 Å². The summed E-state index contributed by atoms with van der Waals surface area (Å²) >= 11 is 6.05. The van der Waals surface area contributed by atoms with Crippen LogP contribution in [0.5, 0.6) is 0 Å². The summed E-state index contributed by atoms with van der Waals surface area (Å²) in [5, 5.41) is 0.471. The Kier molecular flexibility index (Phi) is 4.92. The lowest BCUT2D eigenvalue weighted by atomic mass is 9.88. The molecule has 0 aliphatic rings. The highest BCUT2D eigenvalue weighted by atomic mass is 35.5. The molecule has 2 N–H and O–H groups in total. The van der Waals surface area contributed by atoms with Crippen LogP contribution in [0, 0.1) is 5.82 Å². The molecule has 0 bridgehead atoms. The van der Waals surface area contributed by atoms with Crippen LogP contribution in [0.3, 0.4) is 0 Å². The highest BCUT2D eigenvalue weighted by Gasteiger charge is 2.33. The van der Waals surface area contributed by atoms with Crippen molar-refractivity contribution in [1.29, 1.82) is 0 Å². The van der Waals surface area contributed by atoms with E-state index in [0.29, 0.717) is 17.2 Å². The van der Waals surface area contributed by atoms with Crippen LogP contribution in [0.2, 0.25) is 5.02 Å². The van der Waals surface area contributed by atoms with Gasteiger partial charge in [-0.1, -0.05) is 18.5 Å². The van der Waals surface area contributed by atoms with Gasteiger partial charge in [-0.05, 0) is 44.0 Å². The van der Waals surface area contributed by atoms with E-state index in [4.69, 9.17) is 22.1 Å². The summed E-state index contributed by atoms with van der Waals surface area (Å²) in [6.45, 7) is 6.38. The first-order valence-electron chi connectivity index (χ1n) is 5.79. The molecular weight excluding hydrogens is 241 g/mol. The minimum atomic E-state index is -0.536. The van der Waals surface area contributed by atoms with Crippen LogP contribution in [-0.4, -0.2) is 12.2 Å². The summed E-state index contributed by atoms with van der Waals surface area (Å²) in [5.41, 5.74) is 6.22. The van der Waals surface area contributed by atoms with Crippen LogP contribution in [0.4, 0.5) is 4.39 Å². The summed E-state index contributed by atoms with van der Waals surface area (Å²) < 4.78 is 18.9. The van der Waals surface area contributed by atoms with Gasteiger partial charge in [0, 0.05) is 11.6 Å². The van der Waals surface area contributed by atoms with Crippen molar-refractivity contribution < 1.29 is 9.13 Å². The average Bonchev–Trinajstić information content (AvgIpc) is 2.31. The van der Waals surface area contributed by atoms with Crippen LogP contribution in [0.15, 0.2) is 18.2 Å². The van der Waals surface area contributed by atoms with E-state index < -0.39 is 11.6 Å². The molecule has 0 radical (unpaired) electrons. The monoisotopic (exact) mass is 259 g/mol. The molecule has 0 saturated heterocycles. The maximum Gasteiger partial charge on any atom is 0.123 e. The Morgan fingerprint density at radius 3 is 2.65 bits per heavy atom. The van der Waals surface area contributed by atoms with Gasteiger partial charge < -0.3 is 10.5 Å². The zero-order valence-electron chi connectivity index (χ0n) is 10.5. The van der Waals surface area contributed by atoms with Gasteiger partial charge in [0.15, 0.2) is 0 Å². The minimum absolute atomic E-state index is 0.338. The Balaban J connectivity index is 3.09. The molecule has 0 heterocycles. The summed E-state index contributed by atoms with van der Waals surface area (Å²) in [4.78, 5) is 0. The summed E-state index contributed by atoms with van der Waals surface area (Å²) in [5.74, 6) is -0.338. The van der Waals surface area contributed by atoms with Crippen molar-refractivity contribution in [2.24, 2.45) is 5.73 Å². The van der Waals surface area contributed by atoms with E-state index in [1.54, 1.807) is 0 Å². The third kappa shape index (κ3) is 3.18. The molecule has 2 nitrogen and oxygen atoms in total. The van der Waals surface area contributed by atoms with E-state index in [1.165, 1.54) is 18.2 Å². The second-order valence-corrected chi connectivity index (χ2v) is 4.65. The fourth-order valence-corrected chi connectivity index (χ4v) is 2.06. The molecule has 96 valence electrons. The quantitative estimate of drug-likeness (QED) is 0.875. The van der Waals surface area contributed by atoms with Crippen molar-refractivity contribution in [1.82, 2.24) is 0 Å². The molecule has 0 aliphatic carbocycles. The van der Waals surface area contributed by atoms with Gasteiger partial charge in [0.2, 0.25) is 0 Å². The second kappa shape index (κ2) is 5.80. The van der Waals surface area contributed by atoms with E-state index in [1.807, 2.05) is 20.8 Å². The Morgan fingerprint density at radius 2 is 2.12 bits per heavy atom. The average molecular weight is 260 g/mol. The number of hydrogen-bond acceptors (Lipinski definition) is 2. The molecule has 4 heteroatoms. The van der Waals surface area contributed by atoms with Crippen molar-refractivity contribution in [3.8, 4) is 0 Å². The molecule has 1 aromatic carbocycles. The second-order valence-electron chi connectivity index (χ2n) is 4.24. The lowest BCUT2D eigenvalue weighted by molar-refractivity contribution is -0.0472. The Morgan fingerprint density at radius 1 is 1.47 bits per heavy atom. The molecule has 0 saturated carbocycles. The normalized spacial score (nSPS) is 16.6. The third-order valence-corrected chi connectivity index (χ3v) is 3.47. The lowest BCUT2D eigenvalue weighted by Crippen LogP contribution is -2.40. The van der Waals surface area contributed by atoms with Crippen LogP contribution in [0.1, 0.15) is 38.8 Å². The maximum atomic E-state index is 13.2. The van der Waals surface area contributed by atoms with E-state index in [0.717, 1.165) is 6.42 Å². The first kappa shape index (κ1) is 14.4. The van der Waals surface area contributed by atoms with Gasteiger partial charge in [-0.3, -0.25) is 0 Å². The number of nitrogens with two attached hydrogens (primary N) is 1. The van der Waals surface area contributed by atoms with E-state index in [-0.39, 0.29) is 5.82 Å². The molecule has 2 unspecified atom stereocenters. The van der Waals surface area contributed by atoms with Crippen LogP contribution < -0.4 is 5.73 Å². The molecule has 1 aromatic rings. The molecule has 0 fully saturated rings. The molecule has 17 heavy (non-hydrogen) atoms. The summed E-state index contributed by atoms with van der Waals surface area (Å²) in [6, 6.07) is 3.77. The van der Waals surface area contributed by atoms with Gasteiger partial charge in [0.25, 0.3) is 0 Å². The predicted octanol–water partition coefficient (Wildman–Crippen LogP) is 3.68. The van der Waals surface area contributed by atoms with Gasteiger partial charge >= 0.3 is 0 Å². The number of benzene rings is 1. The third-order valence-electron chi connectivity index (χ3n) is 3.13. The van der Waals surface area contributed by atoms with Crippen LogP contribution in [-0.2, 0) is 4.74 Å². The van der Waals surface area contributed by atoms with Gasteiger partial charge in [0.05, 0.1) is 11.6 Å². The molecule has 0 spiro atoms. The predicted molar refractivity (Wildman–Crippen MR) is 68.7 cm³/mol. The standard InChI is InChI=1S/C13H19ClFNO/c1-4-13(3,17-5-2)12(16)10-8-9(15)6-7-11(10)14/h6-8,12H,4-5,16H2,1-3H3. The first-order valence-corrected chi connectivity index (χ1v) is 6.17. The fraction of sp³-hybridized carbons (Fsp3) is 0.538. The number of hydrogen-bond donors (Lipinski definition) is 1. The van der Waals surface area contributed by atoms with Crippen molar-refractivity contribution in [3.63, 3.8) is 0 Å². The van der Waals surface area contributed by atoms with Gasteiger partial charge in [-0.2, -0.15) is 0 Å². The van der Waals surface area contributed by atoms with Crippen molar-refractivity contribution in [2.75, 3.05) is 6.61 Å². The largest absolute Gasteiger partial charge is 0.374 e. The Labute approximate surface area is 107 Å². The smallest absolute Gasteiger partial charge is 0.123 e. The highest BCUT2D eigenvalue weighted by molar-refractivity contribution is 6.31. The van der Waals surface area contributed by atoms with Crippen LogP contribution in [0.25, 0.3) is 0 Å². The molecule has 1 rings (SSSR count). The zero-order chi connectivity index (χ0) is 13.1. The minimum Gasteiger partial charge on any atom is -0.374 e. The summed E-state index contributed by atoms with van der Waals surface area (Å²) in [7, 11) is 0. The van der Waals surface area contributed by atoms with Crippen LogP contribution >= 0.6 is 11.6 Å². The first-order chi connectivity index (χ1) is 7.94. The zero-order valence-corrected chi connectivity index (χ0v) is 11.2. The molecule has 0 aromatic heterocycles. The van der Waals surface area contributed by atoms with E-state index in [9.17, 15) is 4.39 Å². The highest BCUT2D eigenvalue weighted by Crippen LogP contribution is 2.34. The fourth-order valence-electron chi connectivity index (χ4n) is 1.82. The molecule has 0 aliphatic heterocycles. The lowest BCUT2D eigenvalue weighted by Gasteiger charge is -2.35. The van der Waals surface area contributed by atoms with Crippen molar-refractivity contribution in [2.45, 2.75) is 38.8 Å². The topological polar surface area (TPSA) is 35.2 Å².